The fraction of sp³-hybridized carbons (Fsp3) is 0.0417. The van der Waals surface area contributed by atoms with Gasteiger partial charge in [-0.15, -0.1) is 0 Å². The number of aliphatic imine (C=N–C) groups is 1. The number of aromatic nitrogens is 2. The molecule has 0 atom stereocenters. The van der Waals surface area contributed by atoms with Crippen LogP contribution in [0, 0.1) is 5.82 Å². The average molecular weight is 493 g/mol. The molecule has 0 aliphatic rings. The number of rotatable bonds is 6. The third-order valence-electron chi connectivity index (χ3n) is 4.55. The average Bonchev–Trinajstić information content (AvgIpc) is 3.22. The lowest BCUT2D eigenvalue weighted by Crippen LogP contribution is -1.92. The molecule has 4 aromatic rings. The first-order valence-corrected chi connectivity index (χ1v) is 10.4. The van der Waals surface area contributed by atoms with Gasteiger partial charge in [0.05, 0.1) is 25.2 Å². The normalized spacial score (nSPS) is 11.5. The van der Waals surface area contributed by atoms with Crippen molar-refractivity contribution in [2.24, 2.45) is 10.1 Å². The van der Waals surface area contributed by atoms with E-state index in [0.717, 1.165) is 15.6 Å². The molecule has 0 spiro atoms. The summed E-state index contributed by atoms with van der Waals surface area (Å²) in [6.07, 6.45) is 4.83. The van der Waals surface area contributed by atoms with Crippen LogP contribution in [-0.2, 0) is 0 Å². The van der Waals surface area contributed by atoms with Gasteiger partial charge >= 0.3 is 0 Å². The van der Waals surface area contributed by atoms with Crippen molar-refractivity contribution in [2.45, 2.75) is 0 Å². The van der Waals surface area contributed by atoms with Crippen LogP contribution in [-0.4, -0.2) is 34.3 Å². The second kappa shape index (κ2) is 9.57. The van der Waals surface area contributed by atoms with Gasteiger partial charge in [-0.05, 0) is 29.8 Å². The first-order chi connectivity index (χ1) is 15.5. The van der Waals surface area contributed by atoms with Crippen molar-refractivity contribution in [1.29, 1.82) is 0 Å². The first-order valence-electron chi connectivity index (χ1n) is 9.59. The lowest BCUT2D eigenvalue weighted by atomic mass is 10.2. The molecule has 0 bridgehead atoms. The summed E-state index contributed by atoms with van der Waals surface area (Å²) in [5, 5.41) is 14.8. The summed E-state index contributed by atoms with van der Waals surface area (Å²) < 4.78 is 20.6. The zero-order valence-electron chi connectivity index (χ0n) is 17.0. The molecule has 0 radical (unpaired) electrons. The molecule has 1 heterocycles. The van der Waals surface area contributed by atoms with Crippen LogP contribution in [0.5, 0.6) is 11.5 Å². The molecule has 0 aliphatic carbocycles. The molecule has 4 rings (SSSR count). The number of hydrogen-bond donors (Lipinski definition) is 1. The summed E-state index contributed by atoms with van der Waals surface area (Å²) in [4.78, 5) is 9.03. The van der Waals surface area contributed by atoms with E-state index in [-0.39, 0.29) is 11.6 Å². The fourth-order valence-electron chi connectivity index (χ4n) is 2.94. The predicted molar refractivity (Wildman–Crippen MR) is 127 cm³/mol. The number of imidazole rings is 1. The van der Waals surface area contributed by atoms with Crippen LogP contribution in [0.1, 0.15) is 11.1 Å². The summed E-state index contributed by atoms with van der Waals surface area (Å²) in [5.74, 6) is 0.283. The molecular weight excluding hydrogens is 475 g/mol. The largest absolute Gasteiger partial charge is 0.504 e. The predicted octanol–water partition coefficient (Wildman–Crippen LogP) is 5.80. The molecule has 0 unspecified atom stereocenters. The number of phenolic OH excluding ortho intramolecular Hbond substituents is 1. The minimum Gasteiger partial charge on any atom is -0.504 e. The van der Waals surface area contributed by atoms with Crippen molar-refractivity contribution >= 4 is 34.3 Å². The lowest BCUT2D eigenvalue weighted by molar-refractivity contribution is 0.373. The minimum atomic E-state index is -0.314. The number of aromatic hydroxyl groups is 1. The summed E-state index contributed by atoms with van der Waals surface area (Å²) in [5.41, 5.74) is 2.77. The quantitative estimate of drug-likeness (QED) is 0.345. The van der Waals surface area contributed by atoms with E-state index in [9.17, 15) is 9.50 Å². The summed E-state index contributed by atoms with van der Waals surface area (Å²) >= 11 is 3.40. The van der Waals surface area contributed by atoms with E-state index >= 15 is 0 Å². The second-order valence-corrected chi connectivity index (χ2v) is 7.65. The van der Waals surface area contributed by atoms with Gasteiger partial charge in [-0.25, -0.2) is 19.0 Å². The van der Waals surface area contributed by atoms with Crippen molar-refractivity contribution in [3.05, 3.63) is 94.3 Å². The molecule has 8 heteroatoms. The van der Waals surface area contributed by atoms with Crippen molar-refractivity contribution < 1.29 is 14.2 Å². The Morgan fingerprint density at radius 3 is 2.53 bits per heavy atom. The maximum Gasteiger partial charge on any atom is 0.251 e. The first kappa shape index (κ1) is 21.5. The molecule has 0 saturated heterocycles. The monoisotopic (exact) mass is 492 g/mol. The number of phenols is 1. The van der Waals surface area contributed by atoms with Crippen LogP contribution in [0.15, 0.2) is 87.5 Å². The van der Waals surface area contributed by atoms with Gasteiger partial charge in [0, 0.05) is 21.8 Å². The van der Waals surface area contributed by atoms with E-state index in [1.54, 1.807) is 36.7 Å². The van der Waals surface area contributed by atoms with E-state index in [4.69, 9.17) is 4.74 Å². The number of methoxy groups -OCH3 is 1. The fourth-order valence-corrected chi connectivity index (χ4v) is 3.39. The third kappa shape index (κ3) is 4.92. The van der Waals surface area contributed by atoms with Crippen LogP contribution in [0.25, 0.3) is 11.3 Å². The van der Waals surface area contributed by atoms with Crippen LogP contribution < -0.4 is 4.74 Å². The van der Waals surface area contributed by atoms with E-state index in [1.165, 1.54) is 30.1 Å². The number of ether oxygens (including phenoxy) is 1. The van der Waals surface area contributed by atoms with Crippen molar-refractivity contribution in [3.8, 4) is 22.8 Å². The Morgan fingerprint density at radius 1 is 1.06 bits per heavy atom. The molecule has 6 nitrogen and oxygen atoms in total. The van der Waals surface area contributed by atoms with Crippen LogP contribution >= 0.6 is 15.9 Å². The van der Waals surface area contributed by atoms with Crippen molar-refractivity contribution in [1.82, 2.24) is 9.66 Å². The molecule has 160 valence electrons. The minimum absolute atomic E-state index is 0.0318. The number of halogens is 2. The van der Waals surface area contributed by atoms with Gasteiger partial charge in [0.25, 0.3) is 5.95 Å². The van der Waals surface area contributed by atoms with E-state index in [2.05, 4.69) is 31.0 Å². The van der Waals surface area contributed by atoms with E-state index < -0.39 is 0 Å². The van der Waals surface area contributed by atoms with E-state index in [0.29, 0.717) is 23.0 Å². The SMILES string of the molecule is COc1cc(Br)cc(C=Nc2nc(-c3ccccc3)cn2/N=C\c2ccc(F)cc2)c1O. The summed E-state index contributed by atoms with van der Waals surface area (Å²) in [6, 6.07) is 19.0. The molecule has 0 amide bonds. The van der Waals surface area contributed by atoms with Gasteiger partial charge in [-0.1, -0.05) is 58.4 Å². The molecule has 3 aromatic carbocycles. The van der Waals surface area contributed by atoms with Crippen molar-refractivity contribution in [2.75, 3.05) is 7.11 Å². The third-order valence-corrected chi connectivity index (χ3v) is 5.01. The van der Waals surface area contributed by atoms with Crippen LogP contribution in [0.2, 0.25) is 0 Å². The van der Waals surface area contributed by atoms with Gasteiger partial charge in [0.1, 0.15) is 5.82 Å². The lowest BCUT2D eigenvalue weighted by Gasteiger charge is -2.06. The van der Waals surface area contributed by atoms with Gasteiger partial charge in [0.15, 0.2) is 11.5 Å². The topological polar surface area (TPSA) is 72.0 Å². The molecular formula is C24H18BrFN4O2. The highest BCUT2D eigenvalue weighted by atomic mass is 79.9. The van der Waals surface area contributed by atoms with Gasteiger partial charge in [0.2, 0.25) is 0 Å². The Balaban J connectivity index is 1.73. The Morgan fingerprint density at radius 2 is 1.81 bits per heavy atom. The Bertz CT molecular complexity index is 1290. The van der Waals surface area contributed by atoms with Gasteiger partial charge in [-0.2, -0.15) is 5.10 Å². The van der Waals surface area contributed by atoms with Crippen LogP contribution in [0.4, 0.5) is 10.3 Å². The summed E-state index contributed by atoms with van der Waals surface area (Å²) in [7, 11) is 1.48. The highest BCUT2D eigenvalue weighted by Gasteiger charge is 2.11. The van der Waals surface area contributed by atoms with E-state index in [1.807, 2.05) is 30.3 Å². The smallest absolute Gasteiger partial charge is 0.251 e. The molecule has 1 aromatic heterocycles. The standard InChI is InChI=1S/C24H18BrFN4O2/c1-32-22-12-19(25)11-18(23(22)31)14-27-24-29-21(17-5-3-2-4-6-17)15-30(24)28-13-16-7-9-20(26)10-8-16/h2-15,31H,1H3/b27-14?,28-13-. The Labute approximate surface area is 192 Å². The molecule has 1 N–H and O–H groups in total. The highest BCUT2D eigenvalue weighted by Crippen LogP contribution is 2.33. The Kier molecular flexibility index (Phi) is 6.42. The molecule has 32 heavy (non-hydrogen) atoms. The number of nitrogens with zero attached hydrogens (tertiary/aromatic N) is 4. The number of benzene rings is 3. The van der Waals surface area contributed by atoms with Gasteiger partial charge in [-0.3, -0.25) is 0 Å². The highest BCUT2D eigenvalue weighted by molar-refractivity contribution is 9.10. The zero-order chi connectivity index (χ0) is 22.5. The maximum absolute atomic E-state index is 13.2. The molecule has 0 fully saturated rings. The Hall–Kier alpha value is -3.78. The molecule has 0 aliphatic heterocycles. The number of hydrogen-bond acceptors (Lipinski definition) is 5. The summed E-state index contributed by atoms with van der Waals surface area (Å²) in [6.45, 7) is 0. The molecule has 0 saturated carbocycles. The maximum atomic E-state index is 13.2. The van der Waals surface area contributed by atoms with Gasteiger partial charge < -0.3 is 9.84 Å². The van der Waals surface area contributed by atoms with Crippen molar-refractivity contribution in [3.63, 3.8) is 0 Å². The zero-order valence-corrected chi connectivity index (χ0v) is 18.6. The van der Waals surface area contributed by atoms with Crippen LogP contribution in [0.3, 0.4) is 0 Å². The second-order valence-electron chi connectivity index (χ2n) is 6.74.